The molecule has 8 heterocycles. The molecule has 89 heavy (non-hydrogen) atoms. The Morgan fingerprint density at radius 3 is 1.62 bits per heavy atom. The molecular weight excluding hydrogens is 1380 g/mol. The molecule has 6 aromatic heterocycles. The van der Waals surface area contributed by atoms with E-state index in [1.165, 1.54) is 38.7 Å². The molecule has 8 aromatic rings. The SMILES string of the molecule is CC(C)n1c(=O)n(CCCOC2CCCCO2)c(=O)c2c1nc(-c1cc(F)cnc1OCC1CC1)n2Cc1ccccc1.CC(C)n1c(=O)n(CCCOC2CCCCO2)c(=O)c2c1ncn2Cc1ccccc1.Fc1cnc(OCC2CC2)c(Br)c1.[Cu][I]. The van der Waals surface area contributed by atoms with Gasteiger partial charge in [-0.3, -0.25) is 27.9 Å². The summed E-state index contributed by atoms with van der Waals surface area (Å²) in [6.45, 7) is 12.3. The molecule has 482 valence electrons. The van der Waals surface area contributed by atoms with Gasteiger partial charge in [0.15, 0.2) is 34.9 Å². The van der Waals surface area contributed by atoms with Crippen molar-refractivity contribution < 1.29 is 50.0 Å². The van der Waals surface area contributed by atoms with Gasteiger partial charge in [0.1, 0.15) is 17.5 Å². The molecular formula is C64H77BrCuF2IN10O10. The molecule has 4 fully saturated rings. The van der Waals surface area contributed by atoms with E-state index in [2.05, 4.69) is 43.6 Å². The number of ether oxygens (including phenoxy) is 6. The van der Waals surface area contributed by atoms with Gasteiger partial charge >= 0.3 is 44.5 Å². The number of benzene rings is 2. The van der Waals surface area contributed by atoms with E-state index in [4.69, 9.17) is 33.4 Å². The fourth-order valence-corrected chi connectivity index (χ4v) is 11.0. The zero-order valence-electron chi connectivity index (χ0n) is 50.5. The van der Waals surface area contributed by atoms with Crippen LogP contribution in [0.4, 0.5) is 8.78 Å². The fraction of sp³-hybridized carbons (Fsp3) is 0.500. The van der Waals surface area contributed by atoms with E-state index in [-0.39, 0.29) is 71.9 Å². The zero-order chi connectivity index (χ0) is 63.0. The van der Waals surface area contributed by atoms with Crippen LogP contribution < -0.4 is 32.0 Å². The molecule has 2 saturated heterocycles. The zero-order valence-corrected chi connectivity index (χ0v) is 55.2. The summed E-state index contributed by atoms with van der Waals surface area (Å²) < 4.78 is 71.5. The Labute approximate surface area is 543 Å². The van der Waals surface area contributed by atoms with Crippen LogP contribution in [-0.2, 0) is 57.9 Å². The summed E-state index contributed by atoms with van der Waals surface area (Å²) in [6.07, 6.45) is 15.2. The van der Waals surface area contributed by atoms with Crippen LogP contribution in [0, 0.1) is 23.5 Å². The number of imidazole rings is 2. The van der Waals surface area contributed by atoms with Crippen molar-refractivity contribution in [3.05, 3.63) is 160 Å². The Bertz CT molecular complexity index is 3840. The molecule has 0 amide bonds. The van der Waals surface area contributed by atoms with Gasteiger partial charge in [0.2, 0.25) is 11.8 Å². The van der Waals surface area contributed by atoms with Crippen molar-refractivity contribution in [2.45, 2.75) is 156 Å². The summed E-state index contributed by atoms with van der Waals surface area (Å²) in [4.78, 5) is 71.7. The molecule has 4 aliphatic rings. The van der Waals surface area contributed by atoms with Crippen LogP contribution >= 0.6 is 36.3 Å². The van der Waals surface area contributed by atoms with Gasteiger partial charge in [-0.1, -0.05) is 60.7 Å². The van der Waals surface area contributed by atoms with Gasteiger partial charge in [0.05, 0.1) is 55.2 Å². The number of aromatic nitrogens is 10. The normalized spacial score (nSPS) is 16.6. The number of nitrogens with zero attached hydrogens (tertiary/aromatic N) is 10. The summed E-state index contributed by atoms with van der Waals surface area (Å²) in [5.74, 6) is 1.28. The monoisotopic (exact) mass is 1450 g/mol. The van der Waals surface area contributed by atoms with Gasteiger partial charge in [-0.15, -0.1) is 0 Å². The van der Waals surface area contributed by atoms with E-state index < -0.39 is 17.1 Å². The van der Waals surface area contributed by atoms with Crippen LogP contribution in [-0.4, -0.2) is 99.6 Å². The maximum atomic E-state index is 14.7. The number of hydrogen-bond donors (Lipinski definition) is 0. The Morgan fingerprint density at radius 2 is 1.11 bits per heavy atom. The van der Waals surface area contributed by atoms with E-state index in [9.17, 15) is 28.0 Å². The van der Waals surface area contributed by atoms with Crippen LogP contribution in [0.2, 0.25) is 0 Å². The molecule has 0 spiro atoms. The second-order valence-corrected chi connectivity index (χ2v) is 24.0. The molecule has 20 nitrogen and oxygen atoms in total. The second-order valence-electron chi connectivity index (χ2n) is 23.1. The molecule has 2 unspecified atom stereocenters. The molecule has 2 atom stereocenters. The Morgan fingerprint density at radius 1 is 0.618 bits per heavy atom. The molecule has 0 radical (unpaired) electrons. The number of rotatable bonds is 23. The average Bonchev–Trinajstić information content (AvgIpc) is 1.64. The minimum atomic E-state index is -0.548. The molecule has 0 bridgehead atoms. The van der Waals surface area contributed by atoms with Gasteiger partial charge in [-0.05, 0) is 156 Å². The summed E-state index contributed by atoms with van der Waals surface area (Å²) >= 11 is 9.06. The molecule has 2 saturated carbocycles. The Balaban J connectivity index is 0.000000177. The third kappa shape index (κ3) is 18.0. The molecule has 2 aliphatic heterocycles. The van der Waals surface area contributed by atoms with Gasteiger partial charge < -0.3 is 37.6 Å². The van der Waals surface area contributed by atoms with Crippen molar-refractivity contribution in [3.8, 4) is 23.1 Å². The summed E-state index contributed by atoms with van der Waals surface area (Å²) in [7, 11) is 0. The van der Waals surface area contributed by atoms with Crippen molar-refractivity contribution in [1.82, 2.24) is 47.3 Å². The fourth-order valence-electron chi connectivity index (χ4n) is 10.5. The van der Waals surface area contributed by atoms with Gasteiger partial charge in [0, 0.05) is 51.5 Å². The maximum absolute atomic E-state index is 14.7. The van der Waals surface area contributed by atoms with Gasteiger partial charge in [-0.25, -0.2) is 38.3 Å². The summed E-state index contributed by atoms with van der Waals surface area (Å²) in [5, 5.41) is 0. The van der Waals surface area contributed by atoms with Crippen LogP contribution in [0.5, 0.6) is 11.8 Å². The molecule has 12 rings (SSSR count). The third-order valence-electron chi connectivity index (χ3n) is 15.5. The number of hydrogen-bond acceptors (Lipinski definition) is 14. The van der Waals surface area contributed by atoms with E-state index in [0.29, 0.717) is 104 Å². The third-order valence-corrected chi connectivity index (χ3v) is 16.0. The van der Waals surface area contributed by atoms with E-state index in [0.717, 1.165) is 81.5 Å². The van der Waals surface area contributed by atoms with E-state index in [1.54, 1.807) is 35.8 Å². The predicted molar refractivity (Wildman–Crippen MR) is 342 cm³/mol. The molecule has 0 N–H and O–H groups in total. The summed E-state index contributed by atoms with van der Waals surface area (Å²) in [5.41, 5.74) is 2.19. The van der Waals surface area contributed by atoms with Crippen molar-refractivity contribution >= 4 is 58.6 Å². The van der Waals surface area contributed by atoms with Crippen molar-refractivity contribution in [2.24, 2.45) is 11.8 Å². The quantitative estimate of drug-likeness (QED) is 0.0332. The average molecular weight is 1450 g/mol. The standard InChI is InChI=1S/C32H38FN5O5.C23H30N4O4.C9H9BrFNO.Cu.HI/c1-21(2)38-29-27(31(39)36(32(38)40)14-8-16-42-26-11-6-7-15-41-26)37(19-22-9-4-3-5-10-22)28(35-29)25-17-24(33)18-34-30(25)43-20-23-12-13-23;1-17(2)27-21-20(25(16-24-21)15-18-9-4-3-5-10-18)22(28)26(23(27)29)12-8-14-31-19-11-6-7-13-30-19;10-8-3-7(11)4-12-9(8)13-5-6-1-2-6;;/h3-5,9-10,17-18,21,23,26H,6-8,11-16,19-20H2,1-2H3;3-5,9-10,16-17,19H,6-8,11-15H2,1-2H3;3-4,6H,1-2,5H2;;1H/q;;;+1;/p-1. The van der Waals surface area contributed by atoms with Crippen molar-refractivity contribution in [1.29, 1.82) is 0 Å². The van der Waals surface area contributed by atoms with Crippen LogP contribution in [0.15, 0.2) is 115 Å². The molecule has 2 aromatic carbocycles. The first-order chi connectivity index (χ1) is 43.2. The Hall–Kier alpha value is -5.93. The first kappa shape index (κ1) is 67.5. The van der Waals surface area contributed by atoms with Crippen molar-refractivity contribution in [3.63, 3.8) is 0 Å². The number of pyridine rings is 2. The second kappa shape index (κ2) is 32.9. The van der Waals surface area contributed by atoms with E-state index in [1.807, 2.05) is 92.9 Å². The van der Waals surface area contributed by atoms with Crippen LogP contribution in [0.3, 0.4) is 0 Å². The van der Waals surface area contributed by atoms with Gasteiger partial charge in [-0.2, -0.15) is 0 Å². The number of fused-ring (bicyclic) bond motifs is 2. The van der Waals surface area contributed by atoms with Gasteiger partial charge in [0.25, 0.3) is 11.1 Å². The summed E-state index contributed by atoms with van der Waals surface area (Å²) in [6, 6.07) is 21.8. The number of halogens is 4. The predicted octanol–water partition coefficient (Wildman–Crippen LogP) is 11.5. The van der Waals surface area contributed by atoms with E-state index >= 15 is 0 Å². The molecule has 2 aliphatic carbocycles. The Kier molecular flexibility index (Phi) is 24.9. The minimum absolute atomic E-state index is 0.117. The first-order valence-corrected chi connectivity index (χ1v) is 34.4. The topological polar surface area (TPSA) is 205 Å². The van der Waals surface area contributed by atoms with Crippen LogP contribution in [0.1, 0.15) is 128 Å². The first-order valence-electron chi connectivity index (χ1n) is 30.6. The van der Waals surface area contributed by atoms with Crippen molar-refractivity contribution in [2.75, 3.05) is 39.6 Å². The molecule has 25 heteroatoms. The van der Waals surface area contributed by atoms with Crippen LogP contribution in [0.25, 0.3) is 33.7 Å².